The van der Waals surface area contributed by atoms with E-state index in [-0.39, 0.29) is 17.1 Å². The third-order valence-corrected chi connectivity index (χ3v) is 5.61. The van der Waals surface area contributed by atoms with Crippen LogP contribution in [0.2, 0.25) is 5.02 Å². The first-order chi connectivity index (χ1) is 14.9. The van der Waals surface area contributed by atoms with Gasteiger partial charge in [-0.05, 0) is 53.9 Å². The summed E-state index contributed by atoms with van der Waals surface area (Å²) in [6.45, 7) is 2.03. The number of carbonyl (C=O) groups is 2. The molecule has 0 aliphatic carbocycles. The van der Waals surface area contributed by atoms with Crippen LogP contribution in [0.4, 0.5) is 5.69 Å². The van der Waals surface area contributed by atoms with E-state index in [0.717, 1.165) is 12.0 Å². The Kier molecular flexibility index (Phi) is 5.53. The van der Waals surface area contributed by atoms with Gasteiger partial charge < -0.3 is 10.2 Å². The zero-order chi connectivity index (χ0) is 22.1. The maximum Gasteiger partial charge on any atom is 0.300 e. The number of Topliss-reactive ketones (excluding diaryl/α,β-unsaturated/α-hetero) is 1. The topological polar surface area (TPSA) is 77.8 Å². The highest BCUT2D eigenvalue weighted by atomic mass is 35.5. The van der Waals surface area contributed by atoms with E-state index in [1.807, 2.05) is 19.1 Å². The first-order valence-corrected chi connectivity index (χ1v) is 10.2. The summed E-state index contributed by atoms with van der Waals surface area (Å²) in [5.74, 6) is -1.75. The van der Waals surface area contributed by atoms with Gasteiger partial charge in [0.25, 0.3) is 11.7 Å². The Balaban J connectivity index is 1.92. The molecule has 3 aromatic carbocycles. The highest BCUT2D eigenvalue weighted by molar-refractivity contribution is 6.51. The lowest BCUT2D eigenvalue weighted by Crippen LogP contribution is -2.29. The number of carbonyl (C=O) groups excluding carboxylic acids is 2. The van der Waals surface area contributed by atoms with Gasteiger partial charge in [-0.3, -0.25) is 14.5 Å². The van der Waals surface area contributed by atoms with Crippen LogP contribution in [0.3, 0.4) is 0 Å². The maximum absolute atomic E-state index is 13.1. The van der Waals surface area contributed by atoms with Gasteiger partial charge in [0, 0.05) is 16.3 Å². The number of phenolic OH excluding ortho intramolecular Hbond substituents is 1. The number of aliphatic hydroxyl groups excluding tert-OH is 1. The average molecular weight is 434 g/mol. The van der Waals surface area contributed by atoms with Gasteiger partial charge in [-0.2, -0.15) is 0 Å². The van der Waals surface area contributed by atoms with E-state index in [1.54, 1.807) is 42.5 Å². The Hall–Kier alpha value is -3.57. The SMILES string of the molecule is CCc1ccc(N2C(=O)C(=O)/C(=C(\O)c3cccc(Cl)c3)C2c2ccc(O)cc2)cc1. The second-order valence-electron chi connectivity index (χ2n) is 7.29. The van der Waals surface area contributed by atoms with Crippen LogP contribution in [0.5, 0.6) is 5.75 Å². The number of hydrogen-bond donors (Lipinski definition) is 2. The Morgan fingerprint density at radius 3 is 2.29 bits per heavy atom. The number of aliphatic hydroxyl groups is 1. The second kappa shape index (κ2) is 8.28. The molecule has 1 atom stereocenters. The van der Waals surface area contributed by atoms with E-state index in [9.17, 15) is 19.8 Å². The molecule has 0 bridgehead atoms. The van der Waals surface area contributed by atoms with Crippen LogP contribution in [-0.4, -0.2) is 21.9 Å². The van der Waals surface area contributed by atoms with Gasteiger partial charge in [-0.1, -0.05) is 54.9 Å². The molecule has 3 aromatic rings. The van der Waals surface area contributed by atoms with Crippen LogP contribution in [0, 0.1) is 0 Å². The molecule has 156 valence electrons. The van der Waals surface area contributed by atoms with Crippen molar-refractivity contribution < 1.29 is 19.8 Å². The van der Waals surface area contributed by atoms with Gasteiger partial charge in [0.1, 0.15) is 11.5 Å². The minimum absolute atomic E-state index is 0.0301. The lowest BCUT2D eigenvalue weighted by Gasteiger charge is -2.25. The molecule has 0 saturated carbocycles. The van der Waals surface area contributed by atoms with Crippen molar-refractivity contribution >= 4 is 34.7 Å². The number of amides is 1. The fraction of sp³-hybridized carbons (Fsp3) is 0.120. The highest BCUT2D eigenvalue weighted by Gasteiger charge is 2.46. The third kappa shape index (κ3) is 3.80. The lowest BCUT2D eigenvalue weighted by atomic mass is 9.95. The van der Waals surface area contributed by atoms with Crippen molar-refractivity contribution in [3.63, 3.8) is 0 Å². The highest BCUT2D eigenvalue weighted by Crippen LogP contribution is 2.42. The summed E-state index contributed by atoms with van der Waals surface area (Å²) in [4.78, 5) is 27.5. The lowest BCUT2D eigenvalue weighted by molar-refractivity contribution is -0.132. The molecule has 1 unspecified atom stereocenters. The van der Waals surface area contributed by atoms with E-state index in [4.69, 9.17) is 11.6 Å². The molecule has 0 spiro atoms. The maximum atomic E-state index is 13.1. The van der Waals surface area contributed by atoms with Crippen molar-refractivity contribution in [2.75, 3.05) is 4.90 Å². The molecule has 1 heterocycles. The van der Waals surface area contributed by atoms with E-state index in [2.05, 4.69) is 0 Å². The Morgan fingerprint density at radius 1 is 1.00 bits per heavy atom. The fourth-order valence-corrected chi connectivity index (χ4v) is 3.94. The number of phenols is 1. The number of aryl methyl sites for hydroxylation is 1. The average Bonchev–Trinajstić information content (AvgIpc) is 3.04. The van der Waals surface area contributed by atoms with Crippen LogP contribution >= 0.6 is 11.6 Å². The number of rotatable bonds is 4. The standard InChI is InChI=1S/C25H20ClNO4/c1-2-15-6-10-19(11-7-15)27-22(16-8-12-20(28)13-9-16)21(24(30)25(27)31)23(29)17-4-3-5-18(26)14-17/h3-14,22,28-29H,2H2,1H3/b23-21-. The molecule has 1 amide bonds. The number of nitrogens with zero attached hydrogens (tertiary/aromatic N) is 1. The monoisotopic (exact) mass is 433 g/mol. The van der Waals surface area contributed by atoms with Crippen molar-refractivity contribution in [1.29, 1.82) is 0 Å². The zero-order valence-electron chi connectivity index (χ0n) is 16.7. The first kappa shape index (κ1) is 20.7. The predicted octanol–water partition coefficient (Wildman–Crippen LogP) is 5.23. The number of aromatic hydroxyl groups is 1. The normalized spacial score (nSPS) is 17.9. The largest absolute Gasteiger partial charge is 0.508 e. The summed E-state index contributed by atoms with van der Waals surface area (Å²) in [5.41, 5.74) is 2.54. The minimum atomic E-state index is -0.855. The van der Waals surface area contributed by atoms with Crippen molar-refractivity contribution in [2.45, 2.75) is 19.4 Å². The summed E-state index contributed by atoms with van der Waals surface area (Å²) in [6, 6.07) is 19.2. The molecular weight excluding hydrogens is 414 g/mol. The third-order valence-electron chi connectivity index (χ3n) is 5.37. The molecule has 1 fully saturated rings. The number of halogens is 1. The predicted molar refractivity (Wildman–Crippen MR) is 120 cm³/mol. The molecule has 6 heteroatoms. The molecule has 1 saturated heterocycles. The van der Waals surface area contributed by atoms with E-state index < -0.39 is 17.7 Å². The van der Waals surface area contributed by atoms with E-state index in [1.165, 1.54) is 23.1 Å². The molecule has 4 rings (SSSR count). The Labute approximate surface area is 184 Å². The minimum Gasteiger partial charge on any atom is -0.508 e. The van der Waals surface area contributed by atoms with E-state index in [0.29, 0.717) is 21.8 Å². The van der Waals surface area contributed by atoms with E-state index >= 15 is 0 Å². The van der Waals surface area contributed by atoms with Gasteiger partial charge in [0.05, 0.1) is 11.6 Å². The summed E-state index contributed by atoms with van der Waals surface area (Å²) >= 11 is 6.06. The Bertz CT molecular complexity index is 1180. The summed E-state index contributed by atoms with van der Waals surface area (Å²) in [7, 11) is 0. The quantitative estimate of drug-likeness (QED) is 0.335. The van der Waals surface area contributed by atoms with Crippen LogP contribution in [-0.2, 0) is 16.0 Å². The molecule has 5 nitrogen and oxygen atoms in total. The Morgan fingerprint density at radius 2 is 1.68 bits per heavy atom. The number of ketones is 1. The number of hydrogen-bond acceptors (Lipinski definition) is 4. The van der Waals surface area contributed by atoms with Crippen LogP contribution in [0.15, 0.2) is 78.4 Å². The zero-order valence-corrected chi connectivity index (χ0v) is 17.5. The first-order valence-electron chi connectivity index (χ1n) is 9.85. The number of anilines is 1. The molecular formula is C25H20ClNO4. The van der Waals surface area contributed by atoms with Crippen molar-refractivity contribution in [2.24, 2.45) is 0 Å². The van der Waals surface area contributed by atoms with Gasteiger partial charge in [-0.15, -0.1) is 0 Å². The van der Waals surface area contributed by atoms with Crippen LogP contribution in [0.1, 0.15) is 29.7 Å². The van der Waals surface area contributed by atoms with Crippen molar-refractivity contribution in [3.8, 4) is 5.75 Å². The van der Waals surface area contributed by atoms with Crippen LogP contribution in [0.25, 0.3) is 5.76 Å². The molecule has 1 aliphatic heterocycles. The molecule has 31 heavy (non-hydrogen) atoms. The summed E-state index contributed by atoms with van der Waals surface area (Å²) in [6.07, 6.45) is 0.843. The molecule has 2 N–H and O–H groups in total. The van der Waals surface area contributed by atoms with Gasteiger partial charge >= 0.3 is 0 Å². The van der Waals surface area contributed by atoms with Crippen molar-refractivity contribution in [1.82, 2.24) is 0 Å². The fourth-order valence-electron chi connectivity index (χ4n) is 3.75. The molecule has 0 aromatic heterocycles. The molecule has 0 radical (unpaired) electrons. The second-order valence-corrected chi connectivity index (χ2v) is 7.73. The van der Waals surface area contributed by atoms with Gasteiger partial charge in [-0.25, -0.2) is 0 Å². The summed E-state index contributed by atoms with van der Waals surface area (Å²) < 4.78 is 0. The number of benzene rings is 3. The van der Waals surface area contributed by atoms with Crippen molar-refractivity contribution in [3.05, 3.63) is 100 Å². The molecule has 1 aliphatic rings. The van der Waals surface area contributed by atoms with Gasteiger partial charge in [0.15, 0.2) is 0 Å². The van der Waals surface area contributed by atoms with Crippen LogP contribution < -0.4 is 4.90 Å². The van der Waals surface area contributed by atoms with Gasteiger partial charge in [0.2, 0.25) is 0 Å². The summed E-state index contributed by atoms with van der Waals surface area (Å²) in [5, 5.41) is 21.1. The smallest absolute Gasteiger partial charge is 0.300 e.